The van der Waals surface area contributed by atoms with Gasteiger partial charge >= 0.3 is 11.9 Å². The van der Waals surface area contributed by atoms with Gasteiger partial charge in [-0.2, -0.15) is 0 Å². The lowest BCUT2D eigenvalue weighted by Crippen LogP contribution is -2.28. The van der Waals surface area contributed by atoms with Crippen LogP contribution >= 0.6 is 0 Å². The van der Waals surface area contributed by atoms with E-state index in [1.807, 2.05) is 0 Å². The van der Waals surface area contributed by atoms with Gasteiger partial charge in [0.25, 0.3) is 0 Å². The average Bonchev–Trinajstić information content (AvgIpc) is 3.13. The van der Waals surface area contributed by atoms with E-state index < -0.39 is 0 Å². The van der Waals surface area contributed by atoms with E-state index in [-0.39, 0.29) is 18.0 Å². The lowest BCUT2D eigenvalue weighted by atomic mass is 10.0. The molecule has 0 aliphatic carbocycles. The van der Waals surface area contributed by atoms with Crippen LogP contribution in [0.2, 0.25) is 0 Å². The normalized spacial score (nSPS) is 11.4. The van der Waals surface area contributed by atoms with Crippen LogP contribution in [0, 0.1) is 6.57 Å². The number of ether oxygens (including phenoxy) is 2. The maximum atomic E-state index is 12.7. The van der Waals surface area contributed by atoms with E-state index >= 15 is 0 Å². The van der Waals surface area contributed by atoms with Crippen molar-refractivity contribution in [3.8, 4) is 0 Å². The van der Waals surface area contributed by atoms with Gasteiger partial charge < -0.3 is 14.3 Å². The zero-order chi connectivity index (χ0) is 37.3. The van der Waals surface area contributed by atoms with Crippen LogP contribution in [0.1, 0.15) is 233 Å². The first-order valence-corrected chi connectivity index (χ1v) is 22.5. The van der Waals surface area contributed by atoms with Crippen LogP contribution in [0.4, 0.5) is 0 Å². The molecule has 0 fully saturated rings. The molecule has 0 bridgehead atoms. The van der Waals surface area contributed by atoms with Crippen molar-refractivity contribution in [3.05, 3.63) is 11.4 Å². The minimum absolute atomic E-state index is 0.0148. The lowest BCUT2D eigenvalue weighted by molar-refractivity contribution is -0.150. The minimum atomic E-state index is -0.0301. The zero-order valence-corrected chi connectivity index (χ0v) is 34.5. The van der Waals surface area contributed by atoms with Gasteiger partial charge in [-0.15, -0.1) is 0 Å². The van der Waals surface area contributed by atoms with E-state index in [4.69, 9.17) is 16.0 Å². The first-order valence-electron chi connectivity index (χ1n) is 22.5. The molecule has 0 unspecified atom stereocenters. The number of esters is 2. The van der Waals surface area contributed by atoms with Crippen molar-refractivity contribution in [2.24, 2.45) is 0 Å². The Bertz CT molecular complexity index is 767. The van der Waals surface area contributed by atoms with Gasteiger partial charge in [0.1, 0.15) is 6.10 Å². The predicted molar refractivity (Wildman–Crippen MR) is 218 cm³/mol. The number of carbonyl (C=O) groups excluding carboxylic acids is 2. The van der Waals surface area contributed by atoms with Crippen LogP contribution in [0.5, 0.6) is 0 Å². The topological polar surface area (TPSA) is 60.2 Å². The Labute approximate surface area is 318 Å². The quantitative estimate of drug-likeness (QED) is 0.0358. The maximum absolute atomic E-state index is 12.7. The molecular weight excluding hydrogens is 633 g/mol. The van der Waals surface area contributed by atoms with Crippen molar-refractivity contribution < 1.29 is 19.1 Å². The van der Waals surface area contributed by atoms with Gasteiger partial charge in [-0.1, -0.05) is 162 Å². The van der Waals surface area contributed by atoms with Crippen molar-refractivity contribution in [2.45, 2.75) is 239 Å². The zero-order valence-electron chi connectivity index (χ0n) is 34.5. The van der Waals surface area contributed by atoms with Gasteiger partial charge in [0, 0.05) is 12.8 Å². The third kappa shape index (κ3) is 37.9. The van der Waals surface area contributed by atoms with Crippen LogP contribution in [-0.2, 0) is 19.1 Å². The number of carbonyl (C=O) groups is 2. The van der Waals surface area contributed by atoms with E-state index in [1.165, 1.54) is 128 Å². The predicted octanol–water partition coefficient (Wildman–Crippen LogP) is 13.6. The molecule has 0 radical (unpaired) electrons. The van der Waals surface area contributed by atoms with Gasteiger partial charge in [0.2, 0.25) is 6.54 Å². The Kier molecular flexibility index (Phi) is 39.9. The van der Waals surface area contributed by atoms with Gasteiger partial charge in [0.05, 0.1) is 13.2 Å². The molecule has 0 aliphatic heterocycles. The standard InChI is InChI=1S/C45H86N2O4/c1-5-8-11-14-17-26-33-42-50-44(48)36-29-22-18-24-31-39-47(41-38-46-4)40-32-25-19-23-30-37-45(49)51-43(34-27-20-15-12-9-6-2)35-28-21-16-13-10-7-3/h43H,5-42H2,1-3H3. The van der Waals surface area contributed by atoms with Crippen molar-refractivity contribution in [1.82, 2.24) is 4.90 Å². The largest absolute Gasteiger partial charge is 0.466 e. The fourth-order valence-corrected chi connectivity index (χ4v) is 6.93. The van der Waals surface area contributed by atoms with Crippen LogP contribution in [-0.4, -0.2) is 55.7 Å². The van der Waals surface area contributed by atoms with E-state index in [9.17, 15) is 9.59 Å². The molecule has 0 spiro atoms. The van der Waals surface area contributed by atoms with Gasteiger partial charge in [-0.25, -0.2) is 6.57 Å². The molecule has 6 heteroatoms. The van der Waals surface area contributed by atoms with Crippen molar-refractivity contribution in [2.75, 3.05) is 32.8 Å². The molecule has 0 rings (SSSR count). The Hall–Kier alpha value is -1.61. The molecule has 300 valence electrons. The van der Waals surface area contributed by atoms with E-state index in [1.54, 1.807) is 0 Å². The Morgan fingerprint density at radius 3 is 1.35 bits per heavy atom. The summed E-state index contributed by atoms with van der Waals surface area (Å²) in [7, 11) is 0. The summed E-state index contributed by atoms with van der Waals surface area (Å²) in [6.45, 7) is 18.1. The van der Waals surface area contributed by atoms with E-state index in [0.717, 1.165) is 90.3 Å². The Morgan fingerprint density at radius 2 is 0.882 bits per heavy atom. The molecule has 0 aliphatic rings. The Balaban J connectivity index is 4.03. The summed E-state index contributed by atoms with van der Waals surface area (Å²) in [5.41, 5.74) is 0. The van der Waals surface area contributed by atoms with Crippen molar-refractivity contribution in [3.63, 3.8) is 0 Å². The summed E-state index contributed by atoms with van der Waals surface area (Å²) >= 11 is 0. The average molecular weight is 719 g/mol. The third-order valence-corrected chi connectivity index (χ3v) is 10.3. The molecule has 0 saturated heterocycles. The number of rotatable bonds is 41. The second-order valence-corrected chi connectivity index (χ2v) is 15.3. The summed E-state index contributed by atoms with van der Waals surface area (Å²) < 4.78 is 11.4. The minimum Gasteiger partial charge on any atom is -0.466 e. The van der Waals surface area contributed by atoms with Gasteiger partial charge in [-0.3, -0.25) is 14.5 Å². The van der Waals surface area contributed by atoms with E-state index in [2.05, 4.69) is 30.5 Å². The molecule has 0 amide bonds. The Morgan fingerprint density at radius 1 is 0.490 bits per heavy atom. The molecule has 0 aromatic heterocycles. The molecule has 0 heterocycles. The number of hydrogen-bond donors (Lipinski definition) is 0. The fourth-order valence-electron chi connectivity index (χ4n) is 6.93. The second kappa shape index (κ2) is 41.2. The smallest absolute Gasteiger partial charge is 0.306 e. The molecule has 6 nitrogen and oxygen atoms in total. The van der Waals surface area contributed by atoms with Crippen LogP contribution < -0.4 is 0 Å². The molecule has 0 aromatic carbocycles. The summed E-state index contributed by atoms with van der Waals surface area (Å²) in [6.07, 6.45) is 38.4. The molecule has 51 heavy (non-hydrogen) atoms. The molecule has 0 saturated carbocycles. The monoisotopic (exact) mass is 719 g/mol. The maximum Gasteiger partial charge on any atom is 0.306 e. The van der Waals surface area contributed by atoms with Crippen molar-refractivity contribution >= 4 is 11.9 Å². The highest BCUT2D eigenvalue weighted by Gasteiger charge is 2.14. The fraction of sp³-hybridized carbons (Fsp3) is 0.933. The number of nitrogens with zero attached hydrogens (tertiary/aromatic N) is 2. The summed E-state index contributed by atoms with van der Waals surface area (Å²) in [5.74, 6) is -0.0153. The molecule has 0 N–H and O–H groups in total. The van der Waals surface area contributed by atoms with Crippen molar-refractivity contribution in [1.29, 1.82) is 0 Å². The number of hydrogen-bond acceptors (Lipinski definition) is 5. The summed E-state index contributed by atoms with van der Waals surface area (Å²) in [4.78, 5) is 30.8. The molecule has 0 atom stereocenters. The highest BCUT2D eigenvalue weighted by Crippen LogP contribution is 2.18. The lowest BCUT2D eigenvalue weighted by Gasteiger charge is -2.20. The third-order valence-electron chi connectivity index (χ3n) is 10.3. The first kappa shape index (κ1) is 49.4. The highest BCUT2D eigenvalue weighted by molar-refractivity contribution is 5.69. The first-order chi connectivity index (χ1) is 25.1. The number of unbranched alkanes of at least 4 members (excludes halogenated alkanes) is 24. The highest BCUT2D eigenvalue weighted by atomic mass is 16.5. The van der Waals surface area contributed by atoms with Gasteiger partial charge in [0.15, 0.2) is 0 Å². The van der Waals surface area contributed by atoms with Gasteiger partial charge in [-0.05, 0) is 70.9 Å². The van der Waals surface area contributed by atoms with Crippen LogP contribution in [0.25, 0.3) is 4.85 Å². The summed E-state index contributed by atoms with van der Waals surface area (Å²) in [5, 5.41) is 0. The molecule has 0 aromatic rings. The SMILES string of the molecule is [C-]#[N+]CCN(CCCCCCCC(=O)OCCCCCCCCC)CCCCCCCC(=O)OC(CCCCCCCC)CCCCCCCC. The van der Waals surface area contributed by atoms with Crippen LogP contribution in [0.15, 0.2) is 0 Å². The summed E-state index contributed by atoms with van der Waals surface area (Å²) in [6, 6.07) is 0. The second-order valence-electron chi connectivity index (χ2n) is 15.3. The molecular formula is C45H86N2O4. The van der Waals surface area contributed by atoms with Crippen LogP contribution in [0.3, 0.4) is 0 Å². The van der Waals surface area contributed by atoms with E-state index in [0.29, 0.717) is 26.0 Å².